The molecule has 20 heavy (non-hydrogen) atoms. The molecule has 0 amide bonds. The third-order valence-electron chi connectivity index (χ3n) is 3.80. The minimum absolute atomic E-state index is 0.548. The smallest absolute Gasteiger partial charge is 0.137 e. The van der Waals surface area contributed by atoms with Gasteiger partial charge in [-0.3, -0.25) is 0 Å². The normalized spacial score (nSPS) is 11.4. The van der Waals surface area contributed by atoms with Crippen LogP contribution in [-0.4, -0.2) is 9.38 Å². The molecule has 0 spiro atoms. The summed E-state index contributed by atoms with van der Waals surface area (Å²) in [7, 11) is 0. The standard InChI is InChI=1S/C17H19N3/c1-11(2)13-4-6-14(7-5-13)16-10-20-12(3)15(18)8-9-17(20)19-16/h4-11H,18H2,1-3H3. The van der Waals surface area contributed by atoms with Gasteiger partial charge in [0.05, 0.1) is 11.4 Å². The van der Waals surface area contributed by atoms with E-state index in [2.05, 4.69) is 43.1 Å². The van der Waals surface area contributed by atoms with Gasteiger partial charge < -0.3 is 10.1 Å². The molecule has 2 aromatic heterocycles. The summed E-state index contributed by atoms with van der Waals surface area (Å²) >= 11 is 0. The quantitative estimate of drug-likeness (QED) is 0.760. The second kappa shape index (κ2) is 4.67. The molecule has 3 rings (SSSR count). The van der Waals surface area contributed by atoms with E-state index in [1.165, 1.54) is 5.56 Å². The molecule has 0 fully saturated rings. The second-order valence-electron chi connectivity index (χ2n) is 5.51. The van der Waals surface area contributed by atoms with Crippen molar-refractivity contribution in [3.05, 3.63) is 53.9 Å². The Kier molecular flexibility index (Phi) is 2.97. The number of nitrogens with zero attached hydrogens (tertiary/aromatic N) is 2. The van der Waals surface area contributed by atoms with Crippen molar-refractivity contribution in [2.75, 3.05) is 5.73 Å². The first-order chi connectivity index (χ1) is 9.56. The van der Waals surface area contributed by atoms with E-state index in [1.54, 1.807) is 0 Å². The molecule has 0 atom stereocenters. The van der Waals surface area contributed by atoms with Crippen LogP contribution in [-0.2, 0) is 0 Å². The van der Waals surface area contributed by atoms with Crippen LogP contribution in [0.25, 0.3) is 16.9 Å². The first-order valence-corrected chi connectivity index (χ1v) is 6.91. The maximum Gasteiger partial charge on any atom is 0.137 e. The highest BCUT2D eigenvalue weighted by atomic mass is 15.0. The molecular weight excluding hydrogens is 246 g/mol. The van der Waals surface area contributed by atoms with Gasteiger partial charge >= 0.3 is 0 Å². The van der Waals surface area contributed by atoms with Crippen molar-refractivity contribution in [1.29, 1.82) is 0 Å². The summed E-state index contributed by atoms with van der Waals surface area (Å²) in [4.78, 5) is 4.67. The maximum absolute atomic E-state index is 5.94. The summed E-state index contributed by atoms with van der Waals surface area (Å²) in [6.45, 7) is 6.41. The van der Waals surface area contributed by atoms with Gasteiger partial charge in [-0.15, -0.1) is 0 Å². The number of anilines is 1. The fraction of sp³-hybridized carbons (Fsp3) is 0.235. The lowest BCUT2D eigenvalue weighted by Crippen LogP contribution is -1.96. The summed E-state index contributed by atoms with van der Waals surface area (Å²) in [6.07, 6.45) is 2.05. The predicted molar refractivity (Wildman–Crippen MR) is 83.9 cm³/mol. The van der Waals surface area contributed by atoms with Crippen molar-refractivity contribution in [2.45, 2.75) is 26.7 Å². The molecule has 3 aromatic rings. The van der Waals surface area contributed by atoms with Crippen LogP contribution >= 0.6 is 0 Å². The Morgan fingerprint density at radius 1 is 1.05 bits per heavy atom. The van der Waals surface area contributed by atoms with E-state index < -0.39 is 0 Å². The largest absolute Gasteiger partial charge is 0.397 e. The number of benzene rings is 1. The van der Waals surface area contributed by atoms with E-state index in [1.807, 2.05) is 29.7 Å². The van der Waals surface area contributed by atoms with Gasteiger partial charge in [0.25, 0.3) is 0 Å². The third-order valence-corrected chi connectivity index (χ3v) is 3.80. The van der Waals surface area contributed by atoms with Crippen molar-refractivity contribution < 1.29 is 0 Å². The summed E-state index contributed by atoms with van der Waals surface area (Å²) in [5, 5.41) is 0. The fourth-order valence-electron chi connectivity index (χ4n) is 2.38. The van der Waals surface area contributed by atoms with Crippen LogP contribution in [0, 0.1) is 6.92 Å². The van der Waals surface area contributed by atoms with Crippen molar-refractivity contribution in [2.24, 2.45) is 0 Å². The van der Waals surface area contributed by atoms with Gasteiger partial charge in [-0.2, -0.15) is 0 Å². The van der Waals surface area contributed by atoms with Crippen LogP contribution in [0.5, 0.6) is 0 Å². The van der Waals surface area contributed by atoms with Crippen molar-refractivity contribution >= 4 is 11.3 Å². The lowest BCUT2D eigenvalue weighted by atomic mass is 10.0. The van der Waals surface area contributed by atoms with E-state index in [0.717, 1.165) is 28.3 Å². The molecule has 0 saturated carbocycles. The molecule has 2 heterocycles. The molecule has 0 aliphatic carbocycles. The molecule has 0 bridgehead atoms. The van der Waals surface area contributed by atoms with Crippen LogP contribution in [0.2, 0.25) is 0 Å². The molecule has 3 nitrogen and oxygen atoms in total. The highest BCUT2D eigenvalue weighted by Gasteiger charge is 2.08. The summed E-state index contributed by atoms with van der Waals surface area (Å²) in [5.74, 6) is 0.548. The Hall–Kier alpha value is -2.29. The molecule has 3 heteroatoms. The summed E-state index contributed by atoms with van der Waals surface area (Å²) < 4.78 is 2.04. The summed E-state index contributed by atoms with van der Waals surface area (Å²) in [6, 6.07) is 12.5. The van der Waals surface area contributed by atoms with E-state index in [-0.39, 0.29) is 0 Å². The highest BCUT2D eigenvalue weighted by Crippen LogP contribution is 2.24. The number of aromatic nitrogens is 2. The Labute approximate surface area is 119 Å². The average molecular weight is 265 g/mol. The van der Waals surface area contributed by atoms with Gasteiger partial charge in [0.15, 0.2) is 0 Å². The van der Waals surface area contributed by atoms with E-state index in [4.69, 9.17) is 5.73 Å². The van der Waals surface area contributed by atoms with Crippen LogP contribution < -0.4 is 5.73 Å². The van der Waals surface area contributed by atoms with Crippen LogP contribution in [0.1, 0.15) is 31.0 Å². The number of nitrogens with two attached hydrogens (primary N) is 1. The fourth-order valence-corrected chi connectivity index (χ4v) is 2.38. The molecule has 0 unspecified atom stereocenters. The Balaban J connectivity index is 2.08. The minimum Gasteiger partial charge on any atom is -0.397 e. The predicted octanol–water partition coefficient (Wildman–Crippen LogP) is 4.02. The van der Waals surface area contributed by atoms with Gasteiger partial charge in [0.2, 0.25) is 0 Å². The molecule has 0 aliphatic rings. The Morgan fingerprint density at radius 2 is 1.75 bits per heavy atom. The number of aryl methyl sites for hydroxylation is 1. The molecule has 0 radical (unpaired) electrons. The molecule has 0 aliphatic heterocycles. The first kappa shape index (κ1) is 12.7. The lowest BCUT2D eigenvalue weighted by Gasteiger charge is -2.05. The highest BCUT2D eigenvalue weighted by molar-refractivity contribution is 5.65. The van der Waals surface area contributed by atoms with E-state index in [0.29, 0.717) is 5.92 Å². The van der Waals surface area contributed by atoms with Crippen LogP contribution in [0.3, 0.4) is 0 Å². The number of fused-ring (bicyclic) bond motifs is 1. The van der Waals surface area contributed by atoms with E-state index >= 15 is 0 Å². The molecule has 1 aromatic carbocycles. The van der Waals surface area contributed by atoms with Gasteiger partial charge in [0.1, 0.15) is 5.65 Å². The van der Waals surface area contributed by atoms with Gasteiger partial charge in [-0.05, 0) is 30.5 Å². The number of nitrogen functional groups attached to an aromatic ring is 1. The Morgan fingerprint density at radius 3 is 2.40 bits per heavy atom. The SMILES string of the molecule is Cc1c(N)ccc2nc(-c3ccc(C(C)C)cc3)cn12. The Bertz CT molecular complexity index is 752. The number of rotatable bonds is 2. The van der Waals surface area contributed by atoms with Gasteiger partial charge in [0, 0.05) is 17.5 Å². The monoisotopic (exact) mass is 265 g/mol. The number of pyridine rings is 1. The molecule has 0 saturated heterocycles. The minimum atomic E-state index is 0.548. The number of imidazole rings is 1. The van der Waals surface area contributed by atoms with E-state index in [9.17, 15) is 0 Å². The zero-order valence-corrected chi connectivity index (χ0v) is 12.1. The topological polar surface area (TPSA) is 43.3 Å². The van der Waals surface area contributed by atoms with Crippen LogP contribution in [0.4, 0.5) is 5.69 Å². The number of hydrogen-bond acceptors (Lipinski definition) is 2. The average Bonchev–Trinajstić information content (AvgIpc) is 2.88. The number of hydrogen-bond donors (Lipinski definition) is 1. The van der Waals surface area contributed by atoms with Crippen LogP contribution in [0.15, 0.2) is 42.6 Å². The summed E-state index contributed by atoms with van der Waals surface area (Å²) in [5.41, 5.74) is 12.1. The first-order valence-electron chi connectivity index (χ1n) is 6.91. The third kappa shape index (κ3) is 2.05. The maximum atomic E-state index is 5.94. The lowest BCUT2D eigenvalue weighted by molar-refractivity contribution is 0.867. The zero-order valence-electron chi connectivity index (χ0n) is 12.1. The van der Waals surface area contributed by atoms with Crippen molar-refractivity contribution in [3.8, 4) is 11.3 Å². The van der Waals surface area contributed by atoms with Gasteiger partial charge in [-0.1, -0.05) is 38.1 Å². The zero-order chi connectivity index (χ0) is 14.3. The molecule has 2 N–H and O–H groups in total. The second-order valence-corrected chi connectivity index (χ2v) is 5.51. The molecule has 102 valence electrons. The molecular formula is C17H19N3. The van der Waals surface area contributed by atoms with Gasteiger partial charge in [-0.25, -0.2) is 4.98 Å². The van der Waals surface area contributed by atoms with Crippen molar-refractivity contribution in [1.82, 2.24) is 9.38 Å². The van der Waals surface area contributed by atoms with Crippen molar-refractivity contribution in [3.63, 3.8) is 0 Å².